The van der Waals surface area contributed by atoms with Crippen molar-refractivity contribution >= 4 is 28.3 Å². The van der Waals surface area contributed by atoms with Crippen LogP contribution in [-0.2, 0) is 0 Å². The van der Waals surface area contributed by atoms with E-state index >= 15 is 0 Å². The van der Waals surface area contributed by atoms with Gasteiger partial charge in [-0.1, -0.05) is 48.7 Å². The molecule has 1 heterocycles. The number of pyridine rings is 1. The zero-order valence-electron chi connectivity index (χ0n) is 11.6. The van der Waals surface area contributed by atoms with E-state index in [2.05, 4.69) is 10.3 Å². The fourth-order valence-corrected chi connectivity index (χ4v) is 3.06. The minimum Gasteiger partial charge on any atom is -0.391 e. The van der Waals surface area contributed by atoms with E-state index in [-0.39, 0.29) is 17.6 Å². The number of aliphatic hydroxyl groups excluding tert-OH is 1. The molecule has 1 aromatic carbocycles. The number of aromatic nitrogens is 1. The van der Waals surface area contributed by atoms with Crippen molar-refractivity contribution in [3.05, 3.63) is 41.2 Å². The highest BCUT2D eigenvalue weighted by Crippen LogP contribution is 2.23. The average Bonchev–Trinajstić information content (AvgIpc) is 2.49. The predicted molar refractivity (Wildman–Crippen MR) is 82.5 cm³/mol. The number of fused-ring (bicyclic) bond motifs is 1. The first-order valence-electron chi connectivity index (χ1n) is 7.19. The summed E-state index contributed by atoms with van der Waals surface area (Å²) in [4.78, 5) is 16.5. The number of nitrogens with zero attached hydrogens (tertiary/aromatic N) is 1. The molecule has 2 atom stereocenters. The summed E-state index contributed by atoms with van der Waals surface area (Å²) in [5.41, 5.74) is 0.288. The van der Waals surface area contributed by atoms with Crippen LogP contribution in [0.3, 0.4) is 0 Å². The number of carbonyl (C=O) groups is 1. The molecule has 21 heavy (non-hydrogen) atoms. The standard InChI is InChI=1S/C16H17ClN2O2/c17-15-11-6-2-1-5-10(11)9-13(18-15)16(21)19-12-7-3-4-8-14(12)20/h1-2,5-6,9,12,14,20H,3-4,7-8H2,(H,19,21)/t12-,14-/m0/s1. The van der Waals surface area contributed by atoms with Crippen molar-refractivity contribution < 1.29 is 9.90 Å². The maximum absolute atomic E-state index is 12.3. The van der Waals surface area contributed by atoms with E-state index in [1.165, 1.54) is 0 Å². The van der Waals surface area contributed by atoms with Crippen molar-refractivity contribution in [2.75, 3.05) is 0 Å². The zero-order valence-corrected chi connectivity index (χ0v) is 12.3. The first-order valence-corrected chi connectivity index (χ1v) is 7.57. The van der Waals surface area contributed by atoms with Crippen LogP contribution in [0.25, 0.3) is 10.8 Å². The molecule has 1 amide bonds. The fourth-order valence-electron chi connectivity index (χ4n) is 2.79. The van der Waals surface area contributed by atoms with Crippen LogP contribution < -0.4 is 5.32 Å². The van der Waals surface area contributed by atoms with Crippen LogP contribution in [0.5, 0.6) is 0 Å². The Morgan fingerprint density at radius 1 is 1.29 bits per heavy atom. The number of carbonyl (C=O) groups excluding carboxylic acids is 1. The molecular weight excluding hydrogens is 288 g/mol. The second-order valence-electron chi connectivity index (χ2n) is 5.45. The second kappa shape index (κ2) is 6.00. The average molecular weight is 305 g/mol. The highest BCUT2D eigenvalue weighted by molar-refractivity contribution is 6.34. The lowest BCUT2D eigenvalue weighted by molar-refractivity contribution is 0.0714. The number of hydrogen-bond acceptors (Lipinski definition) is 3. The van der Waals surface area contributed by atoms with Gasteiger partial charge in [-0.05, 0) is 24.3 Å². The molecule has 0 unspecified atom stereocenters. The van der Waals surface area contributed by atoms with Crippen molar-refractivity contribution in [3.8, 4) is 0 Å². The maximum atomic E-state index is 12.3. The van der Waals surface area contributed by atoms with Gasteiger partial charge in [0.2, 0.25) is 0 Å². The van der Waals surface area contributed by atoms with Crippen LogP contribution in [0.15, 0.2) is 30.3 Å². The van der Waals surface area contributed by atoms with E-state index < -0.39 is 6.10 Å². The smallest absolute Gasteiger partial charge is 0.270 e. The summed E-state index contributed by atoms with van der Waals surface area (Å²) in [5, 5.41) is 14.8. The third kappa shape index (κ3) is 3.01. The van der Waals surface area contributed by atoms with E-state index in [9.17, 15) is 9.90 Å². The highest BCUT2D eigenvalue weighted by atomic mass is 35.5. The Balaban J connectivity index is 1.84. The lowest BCUT2D eigenvalue weighted by atomic mass is 9.92. The van der Waals surface area contributed by atoms with Crippen LogP contribution in [0.2, 0.25) is 5.15 Å². The van der Waals surface area contributed by atoms with Crippen molar-refractivity contribution in [2.45, 2.75) is 37.8 Å². The summed E-state index contributed by atoms with van der Waals surface area (Å²) in [6.45, 7) is 0. The molecule has 1 aliphatic carbocycles. The normalized spacial score (nSPS) is 22.2. The quantitative estimate of drug-likeness (QED) is 0.839. The van der Waals surface area contributed by atoms with Gasteiger partial charge in [-0.15, -0.1) is 0 Å². The zero-order chi connectivity index (χ0) is 14.8. The largest absolute Gasteiger partial charge is 0.391 e. The Labute approximate surface area is 128 Å². The molecule has 0 aliphatic heterocycles. The highest BCUT2D eigenvalue weighted by Gasteiger charge is 2.25. The van der Waals surface area contributed by atoms with Gasteiger partial charge in [-0.25, -0.2) is 4.98 Å². The van der Waals surface area contributed by atoms with Crippen molar-refractivity contribution in [3.63, 3.8) is 0 Å². The van der Waals surface area contributed by atoms with E-state index in [0.717, 1.165) is 36.5 Å². The second-order valence-corrected chi connectivity index (χ2v) is 5.81. The van der Waals surface area contributed by atoms with Crippen LogP contribution in [0.4, 0.5) is 0 Å². The Morgan fingerprint density at radius 3 is 2.86 bits per heavy atom. The van der Waals surface area contributed by atoms with Crippen molar-refractivity contribution in [1.29, 1.82) is 0 Å². The number of aliphatic hydroxyl groups is 1. The van der Waals surface area contributed by atoms with E-state index in [1.807, 2.05) is 24.3 Å². The molecule has 1 saturated carbocycles. The van der Waals surface area contributed by atoms with Crippen molar-refractivity contribution in [1.82, 2.24) is 10.3 Å². The Morgan fingerprint density at radius 2 is 2.05 bits per heavy atom. The van der Waals surface area contributed by atoms with Crippen LogP contribution in [0.1, 0.15) is 36.2 Å². The van der Waals surface area contributed by atoms with Gasteiger partial charge in [0.15, 0.2) is 0 Å². The van der Waals surface area contributed by atoms with E-state index in [4.69, 9.17) is 11.6 Å². The lowest BCUT2D eigenvalue weighted by Gasteiger charge is -2.28. The molecule has 1 fully saturated rings. The van der Waals surface area contributed by atoms with Gasteiger partial charge >= 0.3 is 0 Å². The number of halogens is 1. The molecule has 1 aliphatic rings. The van der Waals surface area contributed by atoms with Gasteiger partial charge in [-0.2, -0.15) is 0 Å². The summed E-state index contributed by atoms with van der Waals surface area (Å²) in [6, 6.07) is 9.08. The van der Waals surface area contributed by atoms with Gasteiger partial charge in [0.1, 0.15) is 10.8 Å². The molecule has 2 N–H and O–H groups in total. The maximum Gasteiger partial charge on any atom is 0.270 e. The van der Waals surface area contributed by atoms with Gasteiger partial charge < -0.3 is 10.4 Å². The minimum atomic E-state index is -0.473. The number of hydrogen-bond donors (Lipinski definition) is 2. The molecule has 0 radical (unpaired) electrons. The molecule has 3 rings (SSSR count). The number of amides is 1. The van der Waals surface area contributed by atoms with Gasteiger partial charge in [0.25, 0.3) is 5.91 Å². The van der Waals surface area contributed by atoms with E-state index in [1.54, 1.807) is 6.07 Å². The molecular formula is C16H17ClN2O2. The SMILES string of the molecule is O=C(N[C@H]1CCCC[C@@H]1O)c1cc2ccccc2c(Cl)n1. The molecule has 0 spiro atoms. The predicted octanol–water partition coefficient (Wildman–Crippen LogP) is 2.92. The number of nitrogens with one attached hydrogen (secondary N) is 1. The lowest BCUT2D eigenvalue weighted by Crippen LogP contribution is -2.45. The van der Waals surface area contributed by atoms with Crippen molar-refractivity contribution in [2.24, 2.45) is 0 Å². The van der Waals surface area contributed by atoms with Gasteiger partial charge in [0, 0.05) is 5.39 Å². The topological polar surface area (TPSA) is 62.2 Å². The summed E-state index contributed by atoms with van der Waals surface area (Å²) in [5.74, 6) is -0.284. The molecule has 4 nitrogen and oxygen atoms in total. The first-order chi connectivity index (χ1) is 10.1. The van der Waals surface area contributed by atoms with Gasteiger partial charge in [0.05, 0.1) is 12.1 Å². The van der Waals surface area contributed by atoms with Crippen LogP contribution >= 0.6 is 11.6 Å². The third-order valence-corrected chi connectivity index (χ3v) is 4.26. The molecule has 2 aromatic rings. The number of benzene rings is 1. The first kappa shape index (κ1) is 14.3. The Hall–Kier alpha value is -1.65. The van der Waals surface area contributed by atoms with Crippen LogP contribution in [0, 0.1) is 0 Å². The fraction of sp³-hybridized carbons (Fsp3) is 0.375. The summed E-state index contributed by atoms with van der Waals surface area (Å²) in [6.07, 6.45) is 3.09. The third-order valence-electron chi connectivity index (χ3n) is 3.97. The van der Waals surface area contributed by atoms with Gasteiger partial charge in [-0.3, -0.25) is 4.79 Å². The monoisotopic (exact) mass is 304 g/mol. The van der Waals surface area contributed by atoms with Crippen LogP contribution in [-0.4, -0.2) is 28.1 Å². The molecule has 0 bridgehead atoms. The van der Waals surface area contributed by atoms with E-state index in [0.29, 0.717) is 5.15 Å². The Kier molecular flexibility index (Phi) is 4.08. The molecule has 1 aromatic heterocycles. The molecule has 0 saturated heterocycles. The number of rotatable bonds is 2. The molecule has 5 heteroatoms. The molecule has 110 valence electrons. The summed E-state index contributed by atoms with van der Waals surface area (Å²) >= 11 is 6.14. The summed E-state index contributed by atoms with van der Waals surface area (Å²) < 4.78 is 0. The minimum absolute atomic E-state index is 0.196. The summed E-state index contributed by atoms with van der Waals surface area (Å²) in [7, 11) is 0. The Bertz CT molecular complexity index is 674.